The average Bonchev–Trinajstić information content (AvgIpc) is 2.98. The van der Waals surface area contributed by atoms with E-state index in [-0.39, 0.29) is 11.8 Å². The number of aryl methyl sites for hydroxylation is 1. The summed E-state index contributed by atoms with van der Waals surface area (Å²) < 4.78 is 7.91. The van der Waals surface area contributed by atoms with Crippen LogP contribution in [0.15, 0.2) is 30.3 Å². The maximum absolute atomic E-state index is 9.12. The topological polar surface area (TPSA) is 63.7 Å². The zero-order valence-corrected chi connectivity index (χ0v) is 12.8. The highest BCUT2D eigenvalue weighted by Crippen LogP contribution is 2.23. The number of ether oxygens (including phenoxy) is 1. The van der Waals surface area contributed by atoms with Gasteiger partial charge in [0, 0.05) is 18.9 Å². The van der Waals surface area contributed by atoms with Gasteiger partial charge in [0.2, 0.25) is 0 Å². The van der Waals surface area contributed by atoms with E-state index in [9.17, 15) is 0 Å². The molecule has 1 aromatic heterocycles. The van der Waals surface area contributed by atoms with Crippen LogP contribution in [0.4, 0.5) is 0 Å². The molecule has 5 nitrogen and oxygen atoms in total. The van der Waals surface area contributed by atoms with Gasteiger partial charge in [-0.25, -0.2) is 0 Å². The third-order valence-corrected chi connectivity index (χ3v) is 4.08. The van der Waals surface area contributed by atoms with Gasteiger partial charge in [-0.1, -0.05) is 37.3 Å². The van der Waals surface area contributed by atoms with E-state index in [1.165, 1.54) is 5.56 Å². The van der Waals surface area contributed by atoms with Crippen LogP contribution in [0, 0.1) is 17.2 Å². The molecular formula is C17H20N4O. The second-order valence-electron chi connectivity index (χ2n) is 5.85. The number of rotatable bonds is 5. The molecule has 1 aliphatic rings. The predicted molar refractivity (Wildman–Crippen MR) is 82.0 cm³/mol. The molecule has 1 aromatic carbocycles. The Morgan fingerprint density at radius 2 is 2.18 bits per heavy atom. The van der Waals surface area contributed by atoms with Gasteiger partial charge in [0.25, 0.3) is 0 Å². The summed E-state index contributed by atoms with van der Waals surface area (Å²) in [6, 6.07) is 12.5. The summed E-state index contributed by atoms with van der Waals surface area (Å²) in [5.41, 5.74) is 1.17. The minimum atomic E-state index is 0.0692. The predicted octanol–water partition coefficient (Wildman–Crippen LogP) is 2.68. The molecule has 0 spiro atoms. The van der Waals surface area contributed by atoms with Crippen molar-refractivity contribution in [2.24, 2.45) is 5.92 Å². The van der Waals surface area contributed by atoms with Crippen molar-refractivity contribution in [3.05, 3.63) is 47.5 Å². The number of aromatic nitrogens is 3. The van der Waals surface area contributed by atoms with Crippen molar-refractivity contribution in [2.45, 2.75) is 38.8 Å². The zero-order chi connectivity index (χ0) is 15.4. The number of hydrogen-bond donors (Lipinski definition) is 0. The maximum atomic E-state index is 9.12. The Hall–Kier alpha value is -2.19. The molecule has 1 aliphatic heterocycles. The maximum Gasteiger partial charge on any atom is 0.138 e. The van der Waals surface area contributed by atoms with Crippen LogP contribution in [-0.2, 0) is 24.3 Å². The highest BCUT2D eigenvalue weighted by Gasteiger charge is 2.25. The molecule has 0 fully saturated rings. The smallest absolute Gasteiger partial charge is 0.138 e. The van der Waals surface area contributed by atoms with Crippen molar-refractivity contribution in [1.29, 1.82) is 5.26 Å². The molecule has 114 valence electrons. The van der Waals surface area contributed by atoms with Crippen LogP contribution in [0.3, 0.4) is 0 Å². The van der Waals surface area contributed by atoms with Crippen LogP contribution in [-0.4, -0.2) is 21.4 Å². The van der Waals surface area contributed by atoms with Crippen molar-refractivity contribution in [3.8, 4) is 6.07 Å². The Morgan fingerprint density at radius 3 is 2.95 bits per heavy atom. The van der Waals surface area contributed by atoms with Crippen molar-refractivity contribution >= 4 is 0 Å². The first-order valence-corrected chi connectivity index (χ1v) is 7.71. The van der Waals surface area contributed by atoms with Crippen LogP contribution in [0.2, 0.25) is 0 Å². The summed E-state index contributed by atoms with van der Waals surface area (Å²) in [4.78, 5) is 0. The molecule has 2 unspecified atom stereocenters. The van der Waals surface area contributed by atoms with Gasteiger partial charge in [0.1, 0.15) is 11.6 Å². The fraction of sp³-hybridized carbons (Fsp3) is 0.471. The Bertz CT molecular complexity index is 659. The van der Waals surface area contributed by atoms with Crippen molar-refractivity contribution in [3.63, 3.8) is 0 Å². The van der Waals surface area contributed by atoms with Gasteiger partial charge in [-0.3, -0.25) is 0 Å². The van der Waals surface area contributed by atoms with Crippen LogP contribution < -0.4 is 0 Å². The first-order chi connectivity index (χ1) is 10.8. The first-order valence-electron chi connectivity index (χ1n) is 7.71. The molecule has 2 heterocycles. The molecule has 2 aromatic rings. The van der Waals surface area contributed by atoms with E-state index in [0.29, 0.717) is 19.8 Å². The summed E-state index contributed by atoms with van der Waals surface area (Å²) in [5, 5.41) is 17.7. The molecular weight excluding hydrogens is 276 g/mol. The van der Waals surface area contributed by atoms with Crippen molar-refractivity contribution in [1.82, 2.24) is 14.8 Å². The van der Waals surface area contributed by atoms with Gasteiger partial charge in [-0.05, 0) is 12.0 Å². The monoisotopic (exact) mass is 296 g/mol. The lowest BCUT2D eigenvalue weighted by Gasteiger charge is -2.21. The number of nitriles is 1. The van der Waals surface area contributed by atoms with Gasteiger partial charge in [-0.15, -0.1) is 10.2 Å². The summed E-state index contributed by atoms with van der Waals surface area (Å²) in [5.74, 6) is 2.17. The zero-order valence-electron chi connectivity index (χ0n) is 12.8. The quantitative estimate of drug-likeness (QED) is 0.851. The molecule has 3 rings (SSSR count). The summed E-state index contributed by atoms with van der Waals surface area (Å²) in [7, 11) is 0. The van der Waals surface area contributed by atoms with E-state index in [4.69, 9.17) is 10.00 Å². The highest BCUT2D eigenvalue weighted by atomic mass is 16.5. The third-order valence-electron chi connectivity index (χ3n) is 4.08. The fourth-order valence-corrected chi connectivity index (χ4v) is 2.82. The Balaban J connectivity index is 1.60. The minimum absolute atomic E-state index is 0.0692. The van der Waals surface area contributed by atoms with Crippen LogP contribution in [0.25, 0.3) is 0 Å². The Kier molecular flexibility index (Phi) is 4.50. The normalized spacial score (nSPS) is 18.5. The van der Waals surface area contributed by atoms with Crippen LogP contribution in [0.1, 0.15) is 36.5 Å². The second-order valence-corrected chi connectivity index (χ2v) is 5.85. The standard InChI is InChI=1S/C17H20N4O/c1-13(11-22-12-14-5-3-2-4-6-14)17-20-19-16-8-7-15(9-18)10-21(16)17/h2-6,13,15H,7-8,10-12H2,1H3. The molecule has 0 aliphatic carbocycles. The number of benzene rings is 1. The van der Waals surface area contributed by atoms with Gasteiger partial charge in [-0.2, -0.15) is 5.26 Å². The van der Waals surface area contributed by atoms with Gasteiger partial charge in [0.05, 0.1) is 25.2 Å². The third kappa shape index (κ3) is 3.18. The molecule has 0 N–H and O–H groups in total. The van der Waals surface area contributed by atoms with E-state index in [1.807, 2.05) is 18.2 Å². The van der Waals surface area contributed by atoms with E-state index in [1.54, 1.807) is 0 Å². The first kappa shape index (κ1) is 14.7. The number of fused-ring (bicyclic) bond motifs is 1. The van der Waals surface area contributed by atoms with Gasteiger partial charge >= 0.3 is 0 Å². The van der Waals surface area contributed by atoms with E-state index >= 15 is 0 Å². The number of nitrogens with zero attached hydrogens (tertiary/aromatic N) is 4. The SMILES string of the molecule is CC(COCc1ccccc1)c1nnc2n1CC(C#N)CC2. The van der Waals surface area contributed by atoms with Gasteiger partial charge < -0.3 is 9.30 Å². The molecule has 0 bridgehead atoms. The van der Waals surface area contributed by atoms with Crippen LogP contribution >= 0.6 is 0 Å². The molecule has 22 heavy (non-hydrogen) atoms. The number of hydrogen-bond acceptors (Lipinski definition) is 4. The fourth-order valence-electron chi connectivity index (χ4n) is 2.82. The largest absolute Gasteiger partial charge is 0.376 e. The molecule has 0 amide bonds. The van der Waals surface area contributed by atoms with E-state index < -0.39 is 0 Å². The molecule has 5 heteroatoms. The Morgan fingerprint density at radius 1 is 1.36 bits per heavy atom. The summed E-state index contributed by atoms with van der Waals surface area (Å²) in [6.07, 6.45) is 1.72. The molecule has 2 atom stereocenters. The molecule has 0 radical (unpaired) electrons. The molecule has 0 saturated heterocycles. The van der Waals surface area contributed by atoms with Crippen molar-refractivity contribution < 1.29 is 4.74 Å². The average molecular weight is 296 g/mol. The summed E-state index contributed by atoms with van der Waals surface area (Å²) >= 11 is 0. The van der Waals surface area contributed by atoms with Crippen molar-refractivity contribution in [2.75, 3.05) is 6.61 Å². The lowest BCUT2D eigenvalue weighted by Crippen LogP contribution is -2.22. The lowest BCUT2D eigenvalue weighted by molar-refractivity contribution is 0.107. The second kappa shape index (κ2) is 6.71. The highest BCUT2D eigenvalue weighted by molar-refractivity contribution is 5.13. The summed E-state index contributed by atoms with van der Waals surface area (Å²) in [6.45, 7) is 4.01. The lowest BCUT2D eigenvalue weighted by atomic mass is 10.0. The molecule has 0 saturated carbocycles. The van der Waals surface area contributed by atoms with E-state index in [2.05, 4.69) is 39.9 Å². The Labute approximate surface area is 130 Å². The minimum Gasteiger partial charge on any atom is -0.376 e. The van der Waals surface area contributed by atoms with Gasteiger partial charge in [0.15, 0.2) is 0 Å². The van der Waals surface area contributed by atoms with E-state index in [0.717, 1.165) is 24.5 Å². The van der Waals surface area contributed by atoms with Crippen LogP contribution in [0.5, 0.6) is 0 Å².